The van der Waals surface area contributed by atoms with Crippen LogP contribution in [-0.4, -0.2) is 0 Å². The Morgan fingerprint density at radius 3 is 2.16 bits per heavy atom. The van der Waals surface area contributed by atoms with Crippen molar-refractivity contribution in [1.82, 2.24) is 5.43 Å². The van der Waals surface area contributed by atoms with Crippen LogP contribution in [0.5, 0.6) is 0 Å². The minimum atomic E-state index is -4.31. The van der Waals surface area contributed by atoms with Crippen LogP contribution < -0.4 is 11.3 Å². The van der Waals surface area contributed by atoms with E-state index >= 15 is 0 Å². The Bertz CT molecular complexity index is 433. The predicted octanol–water partition coefficient (Wildman–Crippen LogP) is 3.95. The lowest BCUT2D eigenvalue weighted by molar-refractivity contribution is -0.137. The van der Waals surface area contributed by atoms with E-state index in [-0.39, 0.29) is 11.5 Å². The molecule has 19 heavy (non-hydrogen) atoms. The van der Waals surface area contributed by atoms with Crippen molar-refractivity contribution in [3.05, 3.63) is 34.9 Å². The number of hydrazine groups is 1. The van der Waals surface area contributed by atoms with Gasteiger partial charge in [0.1, 0.15) is 0 Å². The van der Waals surface area contributed by atoms with Gasteiger partial charge in [-0.15, -0.1) is 0 Å². The van der Waals surface area contributed by atoms with Crippen molar-refractivity contribution < 1.29 is 13.2 Å². The quantitative estimate of drug-likeness (QED) is 0.647. The molecule has 0 aliphatic carbocycles. The summed E-state index contributed by atoms with van der Waals surface area (Å²) in [5, 5.41) is 0. The summed E-state index contributed by atoms with van der Waals surface area (Å²) in [6, 6.07) is 3.63. The fourth-order valence-corrected chi connectivity index (χ4v) is 2.11. The molecule has 0 aliphatic rings. The second-order valence-electron chi connectivity index (χ2n) is 6.05. The highest BCUT2D eigenvalue weighted by molar-refractivity contribution is 5.34. The Balaban J connectivity index is 3.07. The van der Waals surface area contributed by atoms with Gasteiger partial charge in [-0.3, -0.25) is 11.3 Å². The molecule has 3 N–H and O–H groups in total. The van der Waals surface area contributed by atoms with Gasteiger partial charge in [-0.2, -0.15) is 13.2 Å². The van der Waals surface area contributed by atoms with Crippen molar-refractivity contribution >= 4 is 0 Å². The molecule has 5 heteroatoms. The first-order valence-electron chi connectivity index (χ1n) is 6.18. The van der Waals surface area contributed by atoms with Crippen LogP contribution in [0.2, 0.25) is 0 Å². The van der Waals surface area contributed by atoms with Crippen molar-refractivity contribution in [3.63, 3.8) is 0 Å². The molecule has 0 saturated carbocycles. The summed E-state index contributed by atoms with van der Waals surface area (Å²) in [4.78, 5) is 0. The highest BCUT2D eigenvalue weighted by Crippen LogP contribution is 2.34. The van der Waals surface area contributed by atoms with E-state index in [4.69, 9.17) is 5.84 Å². The molecule has 0 amide bonds. The number of halogens is 3. The zero-order valence-electron chi connectivity index (χ0n) is 11.7. The van der Waals surface area contributed by atoms with Crippen molar-refractivity contribution in [1.29, 1.82) is 0 Å². The van der Waals surface area contributed by atoms with Gasteiger partial charge in [0.15, 0.2) is 0 Å². The van der Waals surface area contributed by atoms with Gasteiger partial charge in [0.05, 0.1) is 5.56 Å². The maximum Gasteiger partial charge on any atom is 0.416 e. The first-order chi connectivity index (χ1) is 8.54. The highest BCUT2D eigenvalue weighted by atomic mass is 19.4. The van der Waals surface area contributed by atoms with Crippen molar-refractivity contribution in [2.24, 2.45) is 11.3 Å². The predicted molar refractivity (Wildman–Crippen MR) is 70.3 cm³/mol. The number of hydrogen-bond donors (Lipinski definition) is 2. The molecule has 0 bridgehead atoms. The van der Waals surface area contributed by atoms with Crippen LogP contribution in [0.25, 0.3) is 0 Å². The van der Waals surface area contributed by atoms with Gasteiger partial charge in [-0.05, 0) is 42.0 Å². The fourth-order valence-electron chi connectivity index (χ4n) is 2.11. The maximum absolute atomic E-state index is 12.6. The van der Waals surface area contributed by atoms with E-state index in [0.717, 1.165) is 18.1 Å². The topological polar surface area (TPSA) is 38.0 Å². The third kappa shape index (κ3) is 4.51. The monoisotopic (exact) mass is 274 g/mol. The number of nitrogens with one attached hydrogen (secondary N) is 1. The Hall–Kier alpha value is -1.07. The number of nitrogens with two attached hydrogens (primary N) is 1. The van der Waals surface area contributed by atoms with Gasteiger partial charge in [-0.25, -0.2) is 0 Å². The summed E-state index contributed by atoms with van der Waals surface area (Å²) in [6.45, 7) is 7.88. The van der Waals surface area contributed by atoms with E-state index in [9.17, 15) is 13.2 Å². The zero-order chi connectivity index (χ0) is 14.8. The molecule has 0 fully saturated rings. The smallest absolute Gasteiger partial charge is 0.271 e. The molecule has 2 nitrogen and oxygen atoms in total. The van der Waals surface area contributed by atoms with E-state index < -0.39 is 11.7 Å². The maximum atomic E-state index is 12.6. The first kappa shape index (κ1) is 16.0. The number of benzene rings is 1. The summed E-state index contributed by atoms with van der Waals surface area (Å²) >= 11 is 0. The summed E-state index contributed by atoms with van der Waals surface area (Å²) in [5.41, 5.74) is 3.51. The Morgan fingerprint density at radius 1 is 1.21 bits per heavy atom. The molecule has 108 valence electrons. The van der Waals surface area contributed by atoms with Gasteiger partial charge in [-0.1, -0.05) is 26.8 Å². The number of rotatable bonds is 3. The lowest BCUT2D eigenvalue weighted by Gasteiger charge is -2.27. The van der Waals surface area contributed by atoms with Gasteiger partial charge in [0, 0.05) is 6.04 Å². The van der Waals surface area contributed by atoms with Gasteiger partial charge < -0.3 is 0 Å². The van der Waals surface area contributed by atoms with Gasteiger partial charge in [0.25, 0.3) is 0 Å². The summed E-state index contributed by atoms with van der Waals surface area (Å²) in [7, 11) is 0. The Kier molecular flexibility index (Phi) is 4.63. The molecule has 1 rings (SSSR count). The zero-order valence-corrected chi connectivity index (χ0v) is 11.7. The average Bonchev–Trinajstić information content (AvgIpc) is 2.23. The number of alkyl halides is 3. The molecule has 0 spiro atoms. The molecule has 0 saturated heterocycles. The average molecular weight is 274 g/mol. The van der Waals surface area contributed by atoms with Gasteiger partial charge >= 0.3 is 6.18 Å². The van der Waals surface area contributed by atoms with E-state index in [1.165, 1.54) is 12.1 Å². The normalized spacial score (nSPS) is 14.5. The third-order valence-electron chi connectivity index (χ3n) is 2.99. The molecule has 1 unspecified atom stereocenters. The largest absolute Gasteiger partial charge is 0.416 e. The Labute approximate surface area is 112 Å². The summed E-state index contributed by atoms with van der Waals surface area (Å²) in [6.07, 6.45) is -3.56. The molecule has 0 radical (unpaired) electrons. The lowest BCUT2D eigenvalue weighted by Crippen LogP contribution is -2.31. The van der Waals surface area contributed by atoms with E-state index in [0.29, 0.717) is 5.56 Å². The van der Waals surface area contributed by atoms with Crippen LogP contribution in [0, 0.1) is 12.3 Å². The van der Waals surface area contributed by atoms with Crippen molar-refractivity contribution in [2.45, 2.75) is 46.3 Å². The molecule has 1 aromatic rings. The second kappa shape index (κ2) is 5.51. The highest BCUT2D eigenvalue weighted by Gasteiger charge is 2.31. The molecule has 0 aromatic heterocycles. The van der Waals surface area contributed by atoms with E-state index in [1.807, 2.05) is 0 Å². The molecule has 1 atom stereocenters. The van der Waals surface area contributed by atoms with Crippen LogP contribution in [0.4, 0.5) is 13.2 Å². The van der Waals surface area contributed by atoms with E-state index in [2.05, 4.69) is 26.2 Å². The standard InChI is InChI=1S/C14H21F3N2/c1-9-7-10(14(15,16)17)5-6-11(9)12(19-18)8-13(2,3)4/h5-7,12,19H,8,18H2,1-4H3. The SMILES string of the molecule is Cc1cc(C(F)(F)F)ccc1C(CC(C)(C)C)NN. The first-order valence-corrected chi connectivity index (χ1v) is 6.18. The Morgan fingerprint density at radius 2 is 1.79 bits per heavy atom. The van der Waals surface area contributed by atoms with Crippen LogP contribution in [0.3, 0.4) is 0 Å². The van der Waals surface area contributed by atoms with Crippen LogP contribution in [0.15, 0.2) is 18.2 Å². The molecule has 0 aliphatic heterocycles. The van der Waals surface area contributed by atoms with Crippen LogP contribution in [0.1, 0.15) is 49.9 Å². The molecule has 1 aromatic carbocycles. The fraction of sp³-hybridized carbons (Fsp3) is 0.571. The minimum absolute atomic E-state index is 0.0339. The van der Waals surface area contributed by atoms with Crippen LogP contribution >= 0.6 is 0 Å². The number of aryl methyl sites for hydroxylation is 1. The summed E-state index contributed by atoms with van der Waals surface area (Å²) < 4.78 is 37.8. The lowest BCUT2D eigenvalue weighted by atomic mass is 9.84. The van der Waals surface area contributed by atoms with E-state index in [1.54, 1.807) is 6.92 Å². The second-order valence-corrected chi connectivity index (χ2v) is 6.05. The third-order valence-corrected chi connectivity index (χ3v) is 2.99. The van der Waals surface area contributed by atoms with Crippen molar-refractivity contribution in [3.8, 4) is 0 Å². The van der Waals surface area contributed by atoms with Crippen molar-refractivity contribution in [2.75, 3.05) is 0 Å². The summed E-state index contributed by atoms with van der Waals surface area (Å²) in [5.74, 6) is 5.53. The minimum Gasteiger partial charge on any atom is -0.271 e. The molecular formula is C14H21F3N2. The van der Waals surface area contributed by atoms with Gasteiger partial charge in [0.2, 0.25) is 0 Å². The molecular weight excluding hydrogens is 253 g/mol. The van der Waals surface area contributed by atoms with Crippen LogP contribution in [-0.2, 0) is 6.18 Å². The number of hydrogen-bond acceptors (Lipinski definition) is 2. The molecule has 0 heterocycles.